The molecule has 2 rings (SSSR count). The highest BCUT2D eigenvalue weighted by atomic mass is 19.4. The molecule has 1 saturated heterocycles. The minimum absolute atomic E-state index is 0.224. The van der Waals surface area contributed by atoms with Gasteiger partial charge < -0.3 is 5.11 Å². The van der Waals surface area contributed by atoms with E-state index in [9.17, 15) is 18.3 Å². The van der Waals surface area contributed by atoms with Crippen molar-refractivity contribution in [3.05, 3.63) is 0 Å². The Labute approximate surface area is 111 Å². The van der Waals surface area contributed by atoms with Crippen molar-refractivity contribution in [1.29, 1.82) is 0 Å². The molecule has 0 radical (unpaired) electrons. The zero-order valence-corrected chi connectivity index (χ0v) is 11.0. The van der Waals surface area contributed by atoms with Gasteiger partial charge in [0.05, 0.1) is 12.7 Å². The maximum absolute atomic E-state index is 12.0. The van der Waals surface area contributed by atoms with Crippen molar-refractivity contribution in [2.45, 2.75) is 57.0 Å². The predicted molar refractivity (Wildman–Crippen MR) is 64.6 cm³/mol. The van der Waals surface area contributed by atoms with Gasteiger partial charge in [0.15, 0.2) is 0 Å². The van der Waals surface area contributed by atoms with Gasteiger partial charge in [-0.05, 0) is 32.2 Å². The summed E-state index contributed by atoms with van der Waals surface area (Å²) in [6, 6.07) is 0.229. The molecule has 3 unspecified atom stereocenters. The summed E-state index contributed by atoms with van der Waals surface area (Å²) in [5.41, 5.74) is 0. The first-order valence-corrected chi connectivity index (χ1v) is 7.10. The smallest absolute Gasteiger partial charge is 0.393 e. The lowest BCUT2D eigenvalue weighted by molar-refractivity contribution is -0.325. The topological polar surface area (TPSA) is 32.7 Å². The Morgan fingerprint density at radius 1 is 1.11 bits per heavy atom. The van der Waals surface area contributed by atoms with Crippen LogP contribution in [0.15, 0.2) is 0 Å². The van der Waals surface area contributed by atoms with Gasteiger partial charge in [-0.25, -0.2) is 0 Å². The highest BCUT2D eigenvalue weighted by molar-refractivity contribution is 4.90. The van der Waals surface area contributed by atoms with Crippen LogP contribution in [-0.4, -0.2) is 48.2 Å². The molecular formula is C13H22F3NO2. The summed E-state index contributed by atoms with van der Waals surface area (Å²) in [5, 5.41) is 10.1. The maximum Gasteiger partial charge on any atom is 0.522 e. The number of halogens is 3. The van der Waals surface area contributed by atoms with Crippen LogP contribution in [0.3, 0.4) is 0 Å². The van der Waals surface area contributed by atoms with Gasteiger partial charge in [0.25, 0.3) is 0 Å². The van der Waals surface area contributed by atoms with E-state index in [1.54, 1.807) is 0 Å². The van der Waals surface area contributed by atoms with E-state index in [1.165, 1.54) is 0 Å². The number of rotatable bonds is 4. The van der Waals surface area contributed by atoms with E-state index in [1.807, 2.05) is 0 Å². The number of hydrogen-bond donors (Lipinski definition) is 1. The van der Waals surface area contributed by atoms with Gasteiger partial charge in [0.1, 0.15) is 0 Å². The van der Waals surface area contributed by atoms with Crippen molar-refractivity contribution < 1.29 is 23.0 Å². The summed E-state index contributed by atoms with van der Waals surface area (Å²) in [5.74, 6) is 0.224. The maximum atomic E-state index is 12.0. The highest BCUT2D eigenvalue weighted by Crippen LogP contribution is 2.34. The molecular weight excluding hydrogens is 259 g/mol. The van der Waals surface area contributed by atoms with E-state index < -0.39 is 6.36 Å². The highest BCUT2D eigenvalue weighted by Gasteiger charge is 2.37. The number of ether oxygens (including phenoxy) is 1. The van der Waals surface area contributed by atoms with E-state index in [2.05, 4.69) is 9.64 Å². The molecule has 0 aromatic rings. The van der Waals surface area contributed by atoms with E-state index in [4.69, 9.17) is 0 Å². The van der Waals surface area contributed by atoms with Gasteiger partial charge in [0, 0.05) is 18.5 Å². The number of hydrogen-bond acceptors (Lipinski definition) is 3. The normalized spacial score (nSPS) is 33.8. The van der Waals surface area contributed by atoms with Crippen LogP contribution >= 0.6 is 0 Å². The third-order valence-electron chi connectivity index (χ3n) is 4.33. The summed E-state index contributed by atoms with van der Waals surface area (Å²) in [4.78, 5) is 2.06. The van der Waals surface area contributed by atoms with E-state index in [-0.39, 0.29) is 24.7 Å². The van der Waals surface area contributed by atoms with Crippen LogP contribution in [0, 0.1) is 5.92 Å². The quantitative estimate of drug-likeness (QED) is 0.859. The van der Waals surface area contributed by atoms with Crippen LogP contribution in [0.5, 0.6) is 0 Å². The minimum Gasteiger partial charge on any atom is -0.393 e. The first-order chi connectivity index (χ1) is 8.97. The molecule has 3 atom stereocenters. The van der Waals surface area contributed by atoms with Gasteiger partial charge in [-0.15, -0.1) is 13.2 Å². The third kappa shape index (κ3) is 4.33. The van der Waals surface area contributed by atoms with Crippen molar-refractivity contribution in [3.8, 4) is 0 Å². The molecule has 0 aromatic heterocycles. The molecule has 1 aliphatic heterocycles. The fourth-order valence-corrected chi connectivity index (χ4v) is 3.48. The molecule has 2 aliphatic rings. The molecule has 1 saturated carbocycles. The summed E-state index contributed by atoms with van der Waals surface area (Å²) >= 11 is 0. The van der Waals surface area contributed by atoms with Gasteiger partial charge in [0.2, 0.25) is 0 Å². The van der Waals surface area contributed by atoms with Crippen molar-refractivity contribution in [2.75, 3.05) is 19.7 Å². The second-order valence-corrected chi connectivity index (χ2v) is 5.56. The fraction of sp³-hybridized carbons (Fsp3) is 1.00. The second kappa shape index (κ2) is 6.41. The summed E-state index contributed by atoms with van der Waals surface area (Å²) in [6.45, 7) is 0.797. The molecule has 0 bridgehead atoms. The minimum atomic E-state index is -4.54. The van der Waals surface area contributed by atoms with Crippen LogP contribution in [0.1, 0.15) is 38.5 Å². The van der Waals surface area contributed by atoms with Gasteiger partial charge in [-0.2, -0.15) is 0 Å². The Bertz CT molecular complexity index is 286. The molecule has 1 heterocycles. The van der Waals surface area contributed by atoms with Crippen molar-refractivity contribution in [1.82, 2.24) is 4.90 Å². The Kier molecular flexibility index (Phi) is 5.09. The lowest BCUT2D eigenvalue weighted by Gasteiger charge is -2.37. The number of likely N-dealkylation sites (tertiary alicyclic amines) is 1. The largest absolute Gasteiger partial charge is 0.522 e. The first kappa shape index (κ1) is 15.1. The van der Waals surface area contributed by atoms with Crippen molar-refractivity contribution >= 4 is 0 Å². The Morgan fingerprint density at radius 2 is 1.84 bits per heavy atom. The van der Waals surface area contributed by atoms with Crippen LogP contribution < -0.4 is 0 Å². The average molecular weight is 281 g/mol. The third-order valence-corrected chi connectivity index (χ3v) is 4.33. The standard InChI is InChI=1S/C13H22F3NO2/c14-13(15,16)19-9-8-17-7-3-5-11(17)10-4-1-2-6-12(10)18/h10-12,18H,1-9H2. The van der Waals surface area contributed by atoms with Crippen molar-refractivity contribution in [2.24, 2.45) is 5.92 Å². The van der Waals surface area contributed by atoms with Gasteiger partial charge >= 0.3 is 6.36 Å². The average Bonchev–Trinajstić information content (AvgIpc) is 2.76. The number of alkyl halides is 3. The number of aliphatic hydroxyl groups is 1. The first-order valence-electron chi connectivity index (χ1n) is 7.10. The molecule has 112 valence electrons. The SMILES string of the molecule is OC1CCCCC1C1CCCN1CCOC(F)(F)F. The second-order valence-electron chi connectivity index (χ2n) is 5.56. The van der Waals surface area contributed by atoms with E-state index in [0.29, 0.717) is 6.54 Å². The zero-order valence-electron chi connectivity index (χ0n) is 11.0. The van der Waals surface area contributed by atoms with E-state index >= 15 is 0 Å². The molecule has 6 heteroatoms. The predicted octanol–water partition coefficient (Wildman–Crippen LogP) is 2.54. The Balaban J connectivity index is 1.82. The van der Waals surface area contributed by atoms with E-state index in [0.717, 1.165) is 45.1 Å². The molecule has 0 spiro atoms. The number of aliphatic hydroxyl groups excluding tert-OH is 1. The molecule has 0 aromatic carbocycles. The summed E-state index contributed by atoms with van der Waals surface area (Å²) in [7, 11) is 0. The summed E-state index contributed by atoms with van der Waals surface area (Å²) in [6.07, 6.45) is 1.14. The lowest BCUT2D eigenvalue weighted by atomic mass is 9.80. The number of nitrogens with zero attached hydrogens (tertiary/aromatic N) is 1. The van der Waals surface area contributed by atoms with Crippen LogP contribution in [0.25, 0.3) is 0 Å². The van der Waals surface area contributed by atoms with Crippen LogP contribution in [0.4, 0.5) is 13.2 Å². The lowest BCUT2D eigenvalue weighted by Crippen LogP contribution is -2.44. The molecule has 0 amide bonds. The van der Waals surface area contributed by atoms with Crippen LogP contribution in [-0.2, 0) is 4.74 Å². The molecule has 19 heavy (non-hydrogen) atoms. The molecule has 2 fully saturated rings. The molecule has 1 aliphatic carbocycles. The monoisotopic (exact) mass is 281 g/mol. The zero-order chi connectivity index (χ0) is 13.9. The molecule has 3 nitrogen and oxygen atoms in total. The fourth-order valence-electron chi connectivity index (χ4n) is 3.48. The Hall–Kier alpha value is -0.330. The van der Waals surface area contributed by atoms with Gasteiger partial charge in [-0.3, -0.25) is 9.64 Å². The summed E-state index contributed by atoms with van der Waals surface area (Å²) < 4.78 is 39.7. The van der Waals surface area contributed by atoms with Crippen molar-refractivity contribution in [3.63, 3.8) is 0 Å². The Morgan fingerprint density at radius 3 is 2.53 bits per heavy atom. The van der Waals surface area contributed by atoms with Gasteiger partial charge in [-0.1, -0.05) is 12.8 Å². The molecule has 1 N–H and O–H groups in total. The van der Waals surface area contributed by atoms with Crippen LogP contribution in [0.2, 0.25) is 0 Å².